The molecule has 0 aliphatic carbocycles. The molecule has 1 rings (SSSR count). The summed E-state index contributed by atoms with van der Waals surface area (Å²) in [6.07, 6.45) is 0. The number of hydrogen-bond donors (Lipinski definition) is 0. The summed E-state index contributed by atoms with van der Waals surface area (Å²) in [6, 6.07) is 0.569. The Labute approximate surface area is 69.9 Å². The quantitative estimate of drug-likeness (QED) is 0.390. The highest BCUT2D eigenvalue weighted by atomic mass is 35.5. The van der Waals surface area contributed by atoms with Gasteiger partial charge in [-0.2, -0.15) is 13.8 Å². The van der Waals surface area contributed by atoms with Crippen LogP contribution in [-0.4, -0.2) is 9.91 Å². The number of rotatable bonds is 1. The minimum absolute atomic E-state index is 0.569. The smallest absolute Gasteiger partial charge is 0.258 e. The molecule has 4 nitrogen and oxygen atoms in total. The van der Waals surface area contributed by atoms with E-state index in [9.17, 15) is 18.9 Å². The van der Waals surface area contributed by atoms with Crippen LogP contribution >= 0.6 is 11.6 Å². The van der Waals surface area contributed by atoms with Gasteiger partial charge in [-0.1, -0.05) is 11.6 Å². The third kappa shape index (κ3) is 1.48. The third-order valence-corrected chi connectivity index (χ3v) is 1.33. The Morgan fingerprint density at radius 2 is 2.08 bits per heavy atom. The van der Waals surface area contributed by atoms with Gasteiger partial charge in [-0.05, 0) is 0 Å². The van der Waals surface area contributed by atoms with E-state index in [1.807, 2.05) is 0 Å². The van der Waals surface area contributed by atoms with Gasteiger partial charge in [-0.15, -0.1) is 0 Å². The van der Waals surface area contributed by atoms with Crippen LogP contribution in [0.4, 0.5) is 14.5 Å². The third-order valence-electron chi connectivity index (χ3n) is 1.06. The largest absolute Gasteiger partial charge is 0.325 e. The van der Waals surface area contributed by atoms with Gasteiger partial charge in [0.25, 0.3) is 5.95 Å². The second kappa shape index (κ2) is 2.98. The van der Waals surface area contributed by atoms with Crippen LogP contribution < -0.4 is 0 Å². The van der Waals surface area contributed by atoms with E-state index < -0.39 is 27.5 Å². The van der Waals surface area contributed by atoms with Crippen LogP contribution in [0, 0.1) is 22.0 Å². The van der Waals surface area contributed by atoms with Gasteiger partial charge < -0.3 is 0 Å². The van der Waals surface area contributed by atoms with Crippen molar-refractivity contribution in [3.63, 3.8) is 0 Å². The minimum atomic E-state index is -1.48. The Bertz CT molecular complexity index is 344. The lowest BCUT2D eigenvalue weighted by atomic mass is 10.4. The lowest BCUT2D eigenvalue weighted by Crippen LogP contribution is -1.97. The molecule has 0 aliphatic heterocycles. The van der Waals surface area contributed by atoms with Gasteiger partial charge in [0.05, 0.1) is 4.92 Å². The first-order chi connectivity index (χ1) is 5.52. The molecule has 0 saturated carbocycles. The summed E-state index contributed by atoms with van der Waals surface area (Å²) in [5.41, 5.74) is -0.943. The number of pyridine rings is 1. The van der Waals surface area contributed by atoms with Gasteiger partial charge in [-0.3, -0.25) is 10.1 Å². The van der Waals surface area contributed by atoms with E-state index in [1.165, 1.54) is 0 Å². The molecule has 7 heteroatoms. The normalized spacial score (nSPS) is 9.92. The van der Waals surface area contributed by atoms with Crippen LogP contribution in [0.5, 0.6) is 0 Å². The zero-order valence-electron chi connectivity index (χ0n) is 5.42. The van der Waals surface area contributed by atoms with Crippen molar-refractivity contribution in [1.82, 2.24) is 4.98 Å². The molecule has 12 heavy (non-hydrogen) atoms. The summed E-state index contributed by atoms with van der Waals surface area (Å²) >= 11 is 5.12. The van der Waals surface area contributed by atoms with E-state index >= 15 is 0 Å². The molecule has 0 bridgehead atoms. The van der Waals surface area contributed by atoms with E-state index in [2.05, 4.69) is 4.98 Å². The van der Waals surface area contributed by atoms with E-state index in [0.717, 1.165) is 0 Å². The first-order valence-electron chi connectivity index (χ1n) is 2.68. The van der Waals surface area contributed by atoms with Crippen molar-refractivity contribution in [3.8, 4) is 0 Å². The summed E-state index contributed by atoms with van der Waals surface area (Å²) in [6.45, 7) is 0. The monoisotopic (exact) mass is 194 g/mol. The molecule has 1 aromatic rings. The molecule has 0 aliphatic rings. The molecule has 0 amide bonds. The van der Waals surface area contributed by atoms with E-state index in [1.54, 1.807) is 0 Å². The van der Waals surface area contributed by atoms with Crippen molar-refractivity contribution in [3.05, 3.63) is 33.1 Å². The van der Waals surface area contributed by atoms with Crippen molar-refractivity contribution in [2.45, 2.75) is 0 Å². The average Bonchev–Trinajstić information content (AvgIpc) is 1.96. The number of aromatic nitrogens is 1. The topological polar surface area (TPSA) is 56.0 Å². The lowest BCUT2D eigenvalue weighted by Gasteiger charge is -1.94. The van der Waals surface area contributed by atoms with Crippen molar-refractivity contribution in [2.24, 2.45) is 0 Å². The molecular formula is C5HClF2N2O2. The fraction of sp³-hybridized carbons (Fsp3) is 0. The molecule has 0 unspecified atom stereocenters. The zero-order valence-corrected chi connectivity index (χ0v) is 6.18. The summed E-state index contributed by atoms with van der Waals surface area (Å²) in [5.74, 6) is -2.75. The highest BCUT2D eigenvalue weighted by molar-refractivity contribution is 6.30. The second-order valence-corrected chi connectivity index (χ2v) is 2.24. The van der Waals surface area contributed by atoms with E-state index in [4.69, 9.17) is 11.6 Å². The SMILES string of the molecule is O=[N+]([O-])c1cc(Cl)c(F)nc1F. The predicted octanol–water partition coefficient (Wildman–Crippen LogP) is 1.92. The Hall–Kier alpha value is -1.30. The maximum absolute atomic E-state index is 12.4. The van der Waals surface area contributed by atoms with Crippen LogP contribution in [0.25, 0.3) is 0 Å². The zero-order chi connectivity index (χ0) is 9.30. The van der Waals surface area contributed by atoms with Crippen LogP contribution in [0.1, 0.15) is 0 Å². The van der Waals surface area contributed by atoms with Crippen molar-refractivity contribution >= 4 is 17.3 Å². The fourth-order valence-corrected chi connectivity index (χ4v) is 0.710. The number of nitro groups is 1. The van der Waals surface area contributed by atoms with Gasteiger partial charge in [-0.25, -0.2) is 0 Å². The Morgan fingerprint density at radius 1 is 1.50 bits per heavy atom. The molecular weight excluding hydrogens is 194 g/mol. The van der Waals surface area contributed by atoms with Crippen LogP contribution in [0.15, 0.2) is 6.07 Å². The number of hydrogen-bond acceptors (Lipinski definition) is 3. The number of nitrogens with zero attached hydrogens (tertiary/aromatic N) is 2. The van der Waals surface area contributed by atoms with Crippen LogP contribution in [-0.2, 0) is 0 Å². The van der Waals surface area contributed by atoms with Gasteiger partial charge in [0.1, 0.15) is 5.02 Å². The van der Waals surface area contributed by atoms with E-state index in [-0.39, 0.29) is 0 Å². The predicted molar refractivity (Wildman–Crippen MR) is 35.8 cm³/mol. The van der Waals surface area contributed by atoms with Crippen molar-refractivity contribution < 1.29 is 13.7 Å². The molecule has 1 aromatic heterocycles. The van der Waals surface area contributed by atoms with Gasteiger partial charge in [0, 0.05) is 6.07 Å². The Kier molecular flexibility index (Phi) is 2.18. The second-order valence-electron chi connectivity index (χ2n) is 1.83. The van der Waals surface area contributed by atoms with Crippen LogP contribution in [0.2, 0.25) is 5.02 Å². The van der Waals surface area contributed by atoms with Gasteiger partial charge in [0.15, 0.2) is 0 Å². The van der Waals surface area contributed by atoms with Gasteiger partial charge in [0.2, 0.25) is 5.95 Å². The molecule has 0 N–H and O–H groups in total. The maximum Gasteiger partial charge on any atom is 0.325 e. The van der Waals surface area contributed by atoms with Crippen LogP contribution in [0.3, 0.4) is 0 Å². The lowest BCUT2D eigenvalue weighted by molar-refractivity contribution is -0.388. The highest BCUT2D eigenvalue weighted by Gasteiger charge is 2.18. The summed E-state index contributed by atoms with van der Waals surface area (Å²) < 4.78 is 24.7. The fourth-order valence-electron chi connectivity index (χ4n) is 0.564. The molecule has 0 fully saturated rings. The van der Waals surface area contributed by atoms with Gasteiger partial charge >= 0.3 is 5.69 Å². The Balaban J connectivity index is 3.33. The van der Waals surface area contributed by atoms with E-state index in [0.29, 0.717) is 6.07 Å². The molecule has 0 saturated heterocycles. The molecule has 0 aromatic carbocycles. The summed E-state index contributed by atoms with van der Waals surface area (Å²) in [7, 11) is 0. The molecule has 1 heterocycles. The first kappa shape index (κ1) is 8.79. The first-order valence-corrected chi connectivity index (χ1v) is 3.06. The maximum atomic E-state index is 12.4. The molecule has 0 radical (unpaired) electrons. The summed E-state index contributed by atoms with van der Waals surface area (Å²) in [4.78, 5) is 11.6. The Morgan fingerprint density at radius 3 is 2.58 bits per heavy atom. The molecule has 0 spiro atoms. The highest BCUT2D eigenvalue weighted by Crippen LogP contribution is 2.21. The van der Waals surface area contributed by atoms with Crippen molar-refractivity contribution in [1.29, 1.82) is 0 Å². The number of halogens is 3. The van der Waals surface area contributed by atoms with Crippen molar-refractivity contribution in [2.75, 3.05) is 0 Å². The average molecular weight is 195 g/mol. The molecule has 64 valence electrons. The standard InChI is InChI=1S/C5HClF2N2O2/c6-2-1-3(10(11)12)5(8)9-4(2)7/h1H. The molecule has 0 atom stereocenters. The minimum Gasteiger partial charge on any atom is -0.258 e. The summed E-state index contributed by atoms with van der Waals surface area (Å²) in [5, 5.41) is 9.45.